The molecule has 3 aliphatic heterocycles. The number of allylic oxidation sites excluding steroid dienone is 3. The molecule has 192 valence electrons. The van der Waals surface area contributed by atoms with E-state index < -0.39 is 6.09 Å². The first-order valence-corrected chi connectivity index (χ1v) is 14.0. The molecule has 4 unspecified atom stereocenters. The van der Waals surface area contributed by atoms with E-state index in [2.05, 4.69) is 66.7 Å². The smallest absolute Gasteiger partial charge is 0.411 e. The van der Waals surface area contributed by atoms with Gasteiger partial charge in [0.05, 0.1) is 24.3 Å². The van der Waals surface area contributed by atoms with E-state index in [4.69, 9.17) is 0 Å². The Balaban J connectivity index is 1.50. The average Bonchev–Trinajstić information content (AvgIpc) is 3.16. The Hall–Kier alpha value is -2.57. The molecule has 36 heavy (non-hydrogen) atoms. The maximum absolute atomic E-state index is 12.0. The molecule has 3 heterocycles. The van der Waals surface area contributed by atoms with E-state index >= 15 is 0 Å². The molecule has 4 atom stereocenters. The van der Waals surface area contributed by atoms with Gasteiger partial charge in [0.15, 0.2) is 0 Å². The van der Waals surface area contributed by atoms with Crippen LogP contribution < -0.4 is 0 Å². The van der Waals surface area contributed by atoms with Crippen molar-refractivity contribution in [2.24, 2.45) is 5.92 Å². The molecule has 1 amide bonds. The van der Waals surface area contributed by atoms with Crippen LogP contribution in [-0.4, -0.2) is 75.7 Å². The highest BCUT2D eigenvalue weighted by Crippen LogP contribution is 2.52. The molecule has 6 aliphatic rings. The standard InChI is InChI=1S/C30H40N4O2/c1-31(2)15-14-22-12-13-26-27(18-22)33-17-16-32(30(35)36)20-24(33)21-34(25-9-4-3-5-10-25)28-11-7-6-8-23(28)19-29(26)34/h6-8,11,16-17,19,21-22,25,27-28H,3-5,9-10,12-15,18,20H2,1-2H3/p+1. The SMILES string of the molecule is CN(C)CCC1CCC2=C3C=C4C=CC=CC4[N+]3(C3CCCCC3)C=C3CN(C(=O)O)C=CN3C2C1. The van der Waals surface area contributed by atoms with E-state index in [1.165, 1.54) is 61.1 Å². The molecule has 0 saturated heterocycles. The minimum absolute atomic E-state index is 0.296. The Morgan fingerprint density at radius 2 is 1.97 bits per heavy atom. The molecule has 1 N–H and O–H groups in total. The molecule has 6 heteroatoms. The lowest BCUT2D eigenvalue weighted by molar-refractivity contribution is -0.875. The number of fused-ring (bicyclic) bond motifs is 6. The van der Waals surface area contributed by atoms with E-state index in [1.54, 1.807) is 11.8 Å². The number of quaternary nitrogens is 1. The fraction of sp³-hybridized carbons (Fsp3) is 0.567. The molecule has 0 bridgehead atoms. The van der Waals surface area contributed by atoms with Gasteiger partial charge in [-0.05, 0) is 71.2 Å². The summed E-state index contributed by atoms with van der Waals surface area (Å²) in [5.74, 6) is 0.694. The number of rotatable bonds is 4. The van der Waals surface area contributed by atoms with Crippen molar-refractivity contribution >= 4 is 6.09 Å². The molecule has 0 aromatic rings. The average molecular weight is 490 g/mol. The third-order valence-corrected chi connectivity index (χ3v) is 9.50. The molecular weight excluding hydrogens is 448 g/mol. The fourth-order valence-corrected chi connectivity index (χ4v) is 7.75. The predicted octanol–water partition coefficient (Wildman–Crippen LogP) is 5.57. The lowest BCUT2D eigenvalue weighted by atomic mass is 9.78. The largest absolute Gasteiger partial charge is 0.465 e. The van der Waals surface area contributed by atoms with Gasteiger partial charge in [-0.3, -0.25) is 9.38 Å². The summed E-state index contributed by atoms with van der Waals surface area (Å²) < 4.78 is 0.873. The maximum atomic E-state index is 12.0. The molecule has 0 radical (unpaired) electrons. The van der Waals surface area contributed by atoms with Gasteiger partial charge in [-0.15, -0.1) is 0 Å². The van der Waals surface area contributed by atoms with Crippen molar-refractivity contribution in [3.63, 3.8) is 0 Å². The van der Waals surface area contributed by atoms with Crippen molar-refractivity contribution in [1.82, 2.24) is 14.7 Å². The van der Waals surface area contributed by atoms with Gasteiger partial charge in [0.2, 0.25) is 0 Å². The highest BCUT2D eigenvalue weighted by molar-refractivity contribution is 5.67. The van der Waals surface area contributed by atoms with Crippen LogP contribution in [-0.2, 0) is 0 Å². The lowest BCUT2D eigenvalue weighted by Crippen LogP contribution is -2.55. The van der Waals surface area contributed by atoms with Crippen molar-refractivity contribution in [2.45, 2.75) is 75.9 Å². The molecule has 2 fully saturated rings. The van der Waals surface area contributed by atoms with E-state index in [1.807, 2.05) is 0 Å². The van der Waals surface area contributed by atoms with Gasteiger partial charge in [-0.1, -0.05) is 24.6 Å². The second kappa shape index (κ2) is 9.38. The Kier molecular flexibility index (Phi) is 6.21. The van der Waals surface area contributed by atoms with Crippen LogP contribution in [0.1, 0.15) is 57.8 Å². The third kappa shape index (κ3) is 3.90. The number of hydrogen-bond acceptors (Lipinski definition) is 3. The van der Waals surface area contributed by atoms with Crippen LogP contribution in [0, 0.1) is 5.92 Å². The van der Waals surface area contributed by atoms with Crippen LogP contribution in [0.25, 0.3) is 0 Å². The summed E-state index contributed by atoms with van der Waals surface area (Å²) in [7, 11) is 4.33. The quantitative estimate of drug-likeness (QED) is 0.525. The molecule has 0 aromatic heterocycles. The monoisotopic (exact) mass is 489 g/mol. The zero-order valence-electron chi connectivity index (χ0n) is 21.9. The van der Waals surface area contributed by atoms with Gasteiger partial charge in [0.25, 0.3) is 0 Å². The minimum atomic E-state index is -0.873. The summed E-state index contributed by atoms with van der Waals surface area (Å²) in [6.45, 7) is 1.55. The Labute approximate surface area is 215 Å². The Bertz CT molecular complexity index is 1090. The summed E-state index contributed by atoms with van der Waals surface area (Å²) in [5, 5.41) is 9.86. The molecule has 2 saturated carbocycles. The third-order valence-electron chi connectivity index (χ3n) is 9.50. The number of amides is 1. The number of carboxylic acid groups (broad SMARTS) is 1. The zero-order valence-corrected chi connectivity index (χ0v) is 21.9. The first-order chi connectivity index (χ1) is 17.5. The number of hydrogen-bond donors (Lipinski definition) is 1. The van der Waals surface area contributed by atoms with Crippen molar-refractivity contribution in [3.8, 4) is 0 Å². The normalized spacial score (nSPS) is 33.6. The van der Waals surface area contributed by atoms with Crippen LogP contribution in [0.2, 0.25) is 0 Å². The summed E-state index contributed by atoms with van der Waals surface area (Å²) >= 11 is 0. The van der Waals surface area contributed by atoms with Gasteiger partial charge in [-0.25, -0.2) is 4.79 Å². The molecule has 6 nitrogen and oxygen atoms in total. The van der Waals surface area contributed by atoms with Crippen molar-refractivity contribution in [1.29, 1.82) is 0 Å². The lowest BCUT2D eigenvalue weighted by Gasteiger charge is -2.46. The van der Waals surface area contributed by atoms with Crippen molar-refractivity contribution < 1.29 is 14.4 Å². The van der Waals surface area contributed by atoms with Gasteiger partial charge >= 0.3 is 6.09 Å². The molecule has 0 aromatic carbocycles. The summed E-state index contributed by atoms with van der Waals surface area (Å²) in [4.78, 5) is 18.2. The second-order valence-electron chi connectivity index (χ2n) is 11.9. The zero-order chi connectivity index (χ0) is 24.9. The fourth-order valence-electron chi connectivity index (χ4n) is 7.75. The maximum Gasteiger partial charge on any atom is 0.411 e. The van der Waals surface area contributed by atoms with Crippen LogP contribution in [0.3, 0.4) is 0 Å². The topological polar surface area (TPSA) is 47.0 Å². The molecular formula is C30H41N4O2+. The van der Waals surface area contributed by atoms with E-state index in [-0.39, 0.29) is 0 Å². The minimum Gasteiger partial charge on any atom is -0.465 e. The highest BCUT2D eigenvalue weighted by atomic mass is 16.4. The predicted molar refractivity (Wildman–Crippen MR) is 142 cm³/mol. The number of carbonyl (C=O) groups is 1. The van der Waals surface area contributed by atoms with E-state index in [9.17, 15) is 9.90 Å². The first kappa shape index (κ1) is 23.8. The van der Waals surface area contributed by atoms with Gasteiger partial charge < -0.3 is 14.9 Å². The van der Waals surface area contributed by atoms with Crippen LogP contribution in [0.4, 0.5) is 4.79 Å². The van der Waals surface area contributed by atoms with E-state index in [0.29, 0.717) is 30.6 Å². The van der Waals surface area contributed by atoms with Gasteiger partial charge in [-0.2, -0.15) is 0 Å². The first-order valence-electron chi connectivity index (χ1n) is 14.0. The van der Waals surface area contributed by atoms with Crippen LogP contribution >= 0.6 is 0 Å². The molecule has 3 aliphatic carbocycles. The van der Waals surface area contributed by atoms with E-state index in [0.717, 1.165) is 29.6 Å². The Morgan fingerprint density at radius 3 is 2.75 bits per heavy atom. The van der Waals surface area contributed by atoms with Crippen LogP contribution in [0.5, 0.6) is 0 Å². The summed E-state index contributed by atoms with van der Waals surface area (Å²) in [6, 6.07) is 1.15. The second-order valence-corrected chi connectivity index (χ2v) is 11.9. The summed E-state index contributed by atoms with van der Waals surface area (Å²) in [5.41, 5.74) is 5.70. The molecule has 0 spiro atoms. The van der Waals surface area contributed by atoms with Gasteiger partial charge in [0.1, 0.15) is 17.9 Å². The van der Waals surface area contributed by atoms with Gasteiger partial charge in [0, 0.05) is 42.5 Å². The van der Waals surface area contributed by atoms with Crippen LogP contribution in [0.15, 0.2) is 71.5 Å². The van der Waals surface area contributed by atoms with Crippen molar-refractivity contribution in [3.05, 3.63) is 71.5 Å². The number of nitrogens with zero attached hydrogens (tertiary/aromatic N) is 4. The van der Waals surface area contributed by atoms with Crippen molar-refractivity contribution in [2.75, 3.05) is 27.2 Å². The summed E-state index contributed by atoms with van der Waals surface area (Å²) in [6.07, 6.45) is 28.3. The molecule has 6 rings (SSSR count). The highest BCUT2D eigenvalue weighted by Gasteiger charge is 2.55. The Morgan fingerprint density at radius 1 is 1.14 bits per heavy atom.